The van der Waals surface area contributed by atoms with Crippen molar-refractivity contribution in [3.8, 4) is 5.75 Å². The number of rotatable bonds is 2. The number of hydrogen-bond donors (Lipinski definition) is 2. The fraction of sp³-hybridized carbons (Fsp3) is 0.211. The molecule has 0 radical (unpaired) electrons. The molecule has 0 bridgehead atoms. The molecule has 1 aromatic heterocycles. The van der Waals surface area contributed by atoms with Crippen LogP contribution < -0.4 is 10.1 Å². The highest BCUT2D eigenvalue weighted by atomic mass is 16.5. The molecule has 1 aliphatic heterocycles. The number of fused-ring (bicyclic) bond motifs is 3. The van der Waals surface area contributed by atoms with Gasteiger partial charge in [-0.3, -0.25) is 0 Å². The van der Waals surface area contributed by atoms with Crippen LogP contribution in [0.4, 0.5) is 10.5 Å². The summed E-state index contributed by atoms with van der Waals surface area (Å²) >= 11 is 0. The molecule has 5 nitrogen and oxygen atoms in total. The number of aromatic nitrogens is 1. The minimum absolute atomic E-state index is 0.0657. The van der Waals surface area contributed by atoms with E-state index in [2.05, 4.69) is 10.3 Å². The average Bonchev–Trinajstić information content (AvgIpc) is 2.99. The molecule has 0 spiro atoms. The zero-order valence-electron chi connectivity index (χ0n) is 13.5. The average molecular weight is 321 g/mol. The van der Waals surface area contributed by atoms with E-state index in [-0.39, 0.29) is 6.03 Å². The first-order chi connectivity index (χ1) is 11.7. The van der Waals surface area contributed by atoms with Crippen LogP contribution in [0.15, 0.2) is 48.5 Å². The van der Waals surface area contributed by atoms with Gasteiger partial charge in [-0.1, -0.05) is 18.2 Å². The second-order valence-corrected chi connectivity index (χ2v) is 5.96. The van der Waals surface area contributed by atoms with Gasteiger partial charge in [0.05, 0.1) is 7.11 Å². The fourth-order valence-electron chi connectivity index (χ4n) is 3.22. The summed E-state index contributed by atoms with van der Waals surface area (Å²) in [5, 5.41) is 4.08. The Kier molecular flexibility index (Phi) is 3.61. The Morgan fingerprint density at radius 1 is 1.21 bits per heavy atom. The molecule has 24 heavy (non-hydrogen) atoms. The number of H-pyrrole nitrogens is 1. The van der Waals surface area contributed by atoms with Crippen molar-refractivity contribution in [2.75, 3.05) is 19.0 Å². The highest BCUT2D eigenvalue weighted by molar-refractivity contribution is 5.91. The molecule has 2 aromatic carbocycles. The van der Waals surface area contributed by atoms with Crippen molar-refractivity contribution in [2.24, 2.45) is 0 Å². The largest absolute Gasteiger partial charge is 0.497 e. The number of para-hydroxylation sites is 1. The lowest BCUT2D eigenvalue weighted by Crippen LogP contribution is -2.38. The molecule has 0 aliphatic carbocycles. The number of aromatic amines is 1. The SMILES string of the molecule is COc1ccc2[nH]c3c(c2c1)CN(C(=O)Nc1ccccc1)CC3. The normalized spacial score (nSPS) is 13.6. The summed E-state index contributed by atoms with van der Waals surface area (Å²) in [5.41, 5.74) is 4.29. The van der Waals surface area contributed by atoms with E-state index < -0.39 is 0 Å². The number of hydrogen-bond acceptors (Lipinski definition) is 2. The maximum atomic E-state index is 12.5. The lowest BCUT2D eigenvalue weighted by atomic mass is 10.0. The number of nitrogens with zero attached hydrogens (tertiary/aromatic N) is 1. The van der Waals surface area contributed by atoms with Crippen LogP contribution in [-0.4, -0.2) is 29.6 Å². The quantitative estimate of drug-likeness (QED) is 0.755. The van der Waals surface area contributed by atoms with Gasteiger partial charge in [0.2, 0.25) is 0 Å². The number of methoxy groups -OCH3 is 1. The smallest absolute Gasteiger partial charge is 0.322 e. The zero-order chi connectivity index (χ0) is 16.5. The van der Waals surface area contributed by atoms with E-state index in [1.807, 2.05) is 53.4 Å². The van der Waals surface area contributed by atoms with Gasteiger partial charge in [-0.25, -0.2) is 4.79 Å². The zero-order valence-corrected chi connectivity index (χ0v) is 13.5. The highest BCUT2D eigenvalue weighted by Crippen LogP contribution is 2.30. The molecule has 0 saturated heterocycles. The molecule has 0 saturated carbocycles. The molecule has 0 atom stereocenters. The van der Waals surface area contributed by atoms with E-state index in [4.69, 9.17) is 4.74 Å². The Morgan fingerprint density at radius 3 is 2.83 bits per heavy atom. The lowest BCUT2D eigenvalue weighted by molar-refractivity contribution is 0.206. The van der Waals surface area contributed by atoms with Crippen molar-refractivity contribution in [3.63, 3.8) is 0 Å². The Labute approximate surface area is 140 Å². The van der Waals surface area contributed by atoms with E-state index >= 15 is 0 Å². The van der Waals surface area contributed by atoms with E-state index in [9.17, 15) is 4.79 Å². The van der Waals surface area contributed by atoms with Gasteiger partial charge >= 0.3 is 6.03 Å². The third-order valence-electron chi connectivity index (χ3n) is 4.49. The molecule has 0 fully saturated rings. The van der Waals surface area contributed by atoms with Crippen molar-refractivity contribution in [2.45, 2.75) is 13.0 Å². The van der Waals surface area contributed by atoms with Crippen LogP contribution in [0, 0.1) is 0 Å². The maximum Gasteiger partial charge on any atom is 0.322 e. The van der Waals surface area contributed by atoms with Gasteiger partial charge in [0.1, 0.15) is 5.75 Å². The first-order valence-electron chi connectivity index (χ1n) is 8.03. The molecule has 4 rings (SSSR count). The summed E-state index contributed by atoms with van der Waals surface area (Å²) in [4.78, 5) is 17.9. The van der Waals surface area contributed by atoms with Crippen LogP contribution in [0.2, 0.25) is 0 Å². The second-order valence-electron chi connectivity index (χ2n) is 5.96. The molecule has 5 heteroatoms. The van der Waals surface area contributed by atoms with Crippen LogP contribution in [0.25, 0.3) is 10.9 Å². The van der Waals surface area contributed by atoms with Gasteiger partial charge in [-0.15, -0.1) is 0 Å². The third-order valence-corrected chi connectivity index (χ3v) is 4.49. The van der Waals surface area contributed by atoms with Crippen LogP contribution in [-0.2, 0) is 13.0 Å². The Hall–Kier alpha value is -2.95. The molecule has 1 aliphatic rings. The van der Waals surface area contributed by atoms with Gasteiger partial charge < -0.3 is 19.9 Å². The Balaban J connectivity index is 1.59. The van der Waals surface area contributed by atoms with E-state index in [1.54, 1.807) is 7.11 Å². The van der Waals surface area contributed by atoms with Gasteiger partial charge in [0.25, 0.3) is 0 Å². The molecular formula is C19H19N3O2. The summed E-state index contributed by atoms with van der Waals surface area (Å²) in [6.45, 7) is 1.30. The van der Waals surface area contributed by atoms with E-state index in [0.29, 0.717) is 13.1 Å². The second kappa shape index (κ2) is 5.92. The minimum atomic E-state index is -0.0657. The number of urea groups is 1. The first-order valence-corrected chi connectivity index (χ1v) is 8.03. The summed E-state index contributed by atoms with van der Waals surface area (Å²) in [6, 6.07) is 15.5. The predicted molar refractivity (Wildman–Crippen MR) is 94.4 cm³/mol. The number of benzene rings is 2. The third kappa shape index (κ3) is 2.58. The summed E-state index contributed by atoms with van der Waals surface area (Å²) < 4.78 is 5.33. The lowest BCUT2D eigenvalue weighted by Gasteiger charge is -2.27. The van der Waals surface area contributed by atoms with Crippen LogP contribution in [0.1, 0.15) is 11.3 Å². The Morgan fingerprint density at radius 2 is 2.04 bits per heavy atom. The summed E-state index contributed by atoms with van der Waals surface area (Å²) in [7, 11) is 1.67. The number of carbonyl (C=O) groups is 1. The molecule has 2 amide bonds. The number of anilines is 1. The van der Waals surface area contributed by atoms with Crippen molar-refractivity contribution < 1.29 is 9.53 Å². The fourth-order valence-corrected chi connectivity index (χ4v) is 3.22. The predicted octanol–water partition coefficient (Wildman–Crippen LogP) is 3.77. The Bertz CT molecular complexity index is 886. The monoisotopic (exact) mass is 321 g/mol. The van der Waals surface area contributed by atoms with Crippen molar-refractivity contribution in [1.29, 1.82) is 0 Å². The molecular weight excluding hydrogens is 302 g/mol. The summed E-state index contributed by atoms with van der Waals surface area (Å²) in [6.07, 6.45) is 0.828. The number of amides is 2. The first kappa shape index (κ1) is 14.6. The van der Waals surface area contributed by atoms with Gasteiger partial charge in [0, 0.05) is 47.4 Å². The molecule has 3 aromatic rings. The van der Waals surface area contributed by atoms with Crippen LogP contribution in [0.3, 0.4) is 0 Å². The standard InChI is InChI=1S/C19H19N3O2/c1-24-14-7-8-17-15(11-14)16-12-22(10-9-18(16)21-17)19(23)20-13-5-3-2-4-6-13/h2-8,11,21H,9-10,12H2,1H3,(H,20,23). The highest BCUT2D eigenvalue weighted by Gasteiger charge is 2.24. The molecule has 0 unspecified atom stereocenters. The van der Waals surface area contributed by atoms with Crippen molar-refractivity contribution >= 4 is 22.6 Å². The van der Waals surface area contributed by atoms with Crippen LogP contribution >= 0.6 is 0 Å². The maximum absolute atomic E-state index is 12.5. The van der Waals surface area contributed by atoms with Crippen molar-refractivity contribution in [3.05, 3.63) is 59.8 Å². The molecule has 2 N–H and O–H groups in total. The number of nitrogens with one attached hydrogen (secondary N) is 2. The topological polar surface area (TPSA) is 57.4 Å². The van der Waals surface area contributed by atoms with Gasteiger partial charge in [0.15, 0.2) is 0 Å². The van der Waals surface area contributed by atoms with Crippen molar-refractivity contribution in [1.82, 2.24) is 9.88 Å². The van der Waals surface area contributed by atoms with E-state index in [1.165, 1.54) is 11.3 Å². The summed E-state index contributed by atoms with van der Waals surface area (Å²) in [5.74, 6) is 0.829. The van der Waals surface area contributed by atoms with Gasteiger partial charge in [-0.2, -0.15) is 0 Å². The molecule has 2 heterocycles. The number of ether oxygens (including phenoxy) is 1. The minimum Gasteiger partial charge on any atom is -0.497 e. The molecule has 122 valence electrons. The number of carbonyl (C=O) groups excluding carboxylic acids is 1. The van der Waals surface area contributed by atoms with Gasteiger partial charge in [-0.05, 0) is 30.3 Å². The van der Waals surface area contributed by atoms with Crippen LogP contribution in [0.5, 0.6) is 5.75 Å². The van der Waals surface area contributed by atoms with E-state index in [0.717, 1.165) is 28.8 Å².